The van der Waals surface area contributed by atoms with Gasteiger partial charge < -0.3 is 10.7 Å². The van der Waals surface area contributed by atoms with Crippen molar-refractivity contribution >= 4 is 16.7 Å². The first-order chi connectivity index (χ1) is 7.34. The maximum atomic E-state index is 6.01. The van der Waals surface area contributed by atoms with Crippen LogP contribution >= 0.6 is 0 Å². The Balaban J connectivity index is 2.10. The number of aromatic amines is 1. The SMILES string of the molecule is Nc1c(C#CC2CC2)cnc2[nH]ccc12. The monoisotopic (exact) mass is 197 g/mol. The molecule has 0 radical (unpaired) electrons. The van der Waals surface area contributed by atoms with Gasteiger partial charge in [0.25, 0.3) is 0 Å². The molecule has 0 unspecified atom stereocenters. The minimum absolute atomic E-state index is 0.589. The van der Waals surface area contributed by atoms with Gasteiger partial charge in [0.05, 0.1) is 11.3 Å². The number of rotatable bonds is 0. The zero-order valence-corrected chi connectivity index (χ0v) is 8.25. The fourth-order valence-corrected chi connectivity index (χ4v) is 1.54. The van der Waals surface area contributed by atoms with Crippen molar-refractivity contribution in [3.63, 3.8) is 0 Å². The molecule has 0 saturated heterocycles. The average Bonchev–Trinajstić information content (AvgIpc) is 2.93. The second-order valence-electron chi connectivity index (χ2n) is 3.87. The zero-order chi connectivity index (χ0) is 10.3. The first kappa shape index (κ1) is 8.37. The minimum Gasteiger partial charge on any atom is -0.397 e. The predicted molar refractivity (Wildman–Crippen MR) is 60.1 cm³/mol. The second-order valence-corrected chi connectivity index (χ2v) is 3.87. The summed E-state index contributed by atoms with van der Waals surface area (Å²) >= 11 is 0. The first-order valence-corrected chi connectivity index (χ1v) is 5.08. The Morgan fingerprint density at radius 1 is 1.47 bits per heavy atom. The molecular formula is C12H11N3. The van der Waals surface area contributed by atoms with Gasteiger partial charge in [-0.1, -0.05) is 11.8 Å². The smallest absolute Gasteiger partial charge is 0.139 e. The number of H-pyrrole nitrogens is 1. The molecule has 0 bridgehead atoms. The van der Waals surface area contributed by atoms with E-state index >= 15 is 0 Å². The molecule has 0 amide bonds. The zero-order valence-electron chi connectivity index (χ0n) is 8.25. The maximum absolute atomic E-state index is 6.01. The van der Waals surface area contributed by atoms with Crippen molar-refractivity contribution in [3.05, 3.63) is 24.0 Å². The lowest BCUT2D eigenvalue weighted by atomic mass is 10.2. The van der Waals surface area contributed by atoms with Crippen LogP contribution in [0.1, 0.15) is 18.4 Å². The summed E-state index contributed by atoms with van der Waals surface area (Å²) in [4.78, 5) is 7.29. The fourth-order valence-electron chi connectivity index (χ4n) is 1.54. The van der Waals surface area contributed by atoms with Gasteiger partial charge in [0.15, 0.2) is 0 Å². The molecule has 0 aromatic carbocycles. The number of pyridine rings is 1. The summed E-state index contributed by atoms with van der Waals surface area (Å²) in [5.74, 6) is 6.88. The molecule has 1 saturated carbocycles. The van der Waals surface area contributed by atoms with Gasteiger partial charge in [-0.2, -0.15) is 0 Å². The first-order valence-electron chi connectivity index (χ1n) is 5.08. The predicted octanol–water partition coefficient (Wildman–Crippen LogP) is 1.91. The standard InChI is InChI=1S/C12H11N3/c13-11-9(4-3-8-1-2-8)7-15-12-10(11)5-6-14-12/h5-8H,1-2H2,(H3,13,14,15). The van der Waals surface area contributed by atoms with Crippen LogP contribution in [0.3, 0.4) is 0 Å². The molecule has 2 aromatic rings. The molecule has 0 atom stereocenters. The number of nitrogens with two attached hydrogens (primary N) is 1. The van der Waals surface area contributed by atoms with Crippen LogP contribution in [0.25, 0.3) is 11.0 Å². The minimum atomic E-state index is 0.589. The normalized spacial score (nSPS) is 14.9. The highest BCUT2D eigenvalue weighted by molar-refractivity contribution is 5.90. The molecule has 1 fully saturated rings. The molecule has 2 heterocycles. The number of anilines is 1. The van der Waals surface area contributed by atoms with Crippen LogP contribution in [0.2, 0.25) is 0 Å². The van der Waals surface area contributed by atoms with E-state index in [1.807, 2.05) is 12.3 Å². The van der Waals surface area contributed by atoms with Crippen molar-refractivity contribution in [2.45, 2.75) is 12.8 Å². The molecule has 3 rings (SSSR count). The highest BCUT2D eigenvalue weighted by Crippen LogP contribution is 2.28. The Morgan fingerprint density at radius 2 is 2.33 bits per heavy atom. The van der Waals surface area contributed by atoms with Crippen molar-refractivity contribution < 1.29 is 0 Å². The Hall–Kier alpha value is -1.95. The van der Waals surface area contributed by atoms with Gasteiger partial charge in [0, 0.05) is 23.7 Å². The van der Waals surface area contributed by atoms with E-state index in [9.17, 15) is 0 Å². The lowest BCUT2D eigenvalue weighted by molar-refractivity contribution is 1.18. The van der Waals surface area contributed by atoms with Crippen LogP contribution in [0.15, 0.2) is 18.5 Å². The van der Waals surface area contributed by atoms with E-state index in [2.05, 4.69) is 21.8 Å². The molecule has 0 spiro atoms. The van der Waals surface area contributed by atoms with Gasteiger partial charge in [-0.3, -0.25) is 0 Å². The van der Waals surface area contributed by atoms with Crippen LogP contribution in [-0.4, -0.2) is 9.97 Å². The van der Waals surface area contributed by atoms with Crippen LogP contribution in [0.5, 0.6) is 0 Å². The Morgan fingerprint density at radius 3 is 3.13 bits per heavy atom. The molecule has 1 aliphatic carbocycles. The summed E-state index contributed by atoms with van der Waals surface area (Å²) in [7, 11) is 0. The average molecular weight is 197 g/mol. The van der Waals surface area contributed by atoms with Gasteiger partial charge in [-0.05, 0) is 18.9 Å². The molecule has 3 heteroatoms. The third kappa shape index (κ3) is 1.44. The Labute approximate surface area is 87.7 Å². The Kier molecular flexibility index (Phi) is 1.69. The Bertz CT molecular complexity index is 567. The lowest BCUT2D eigenvalue weighted by Crippen LogP contribution is -1.92. The fraction of sp³-hybridized carbons (Fsp3) is 0.250. The van der Waals surface area contributed by atoms with Crippen LogP contribution in [0, 0.1) is 17.8 Å². The molecule has 2 aromatic heterocycles. The maximum Gasteiger partial charge on any atom is 0.139 e. The van der Waals surface area contributed by atoms with Crippen molar-refractivity contribution in [2.75, 3.05) is 5.73 Å². The summed E-state index contributed by atoms with van der Waals surface area (Å²) in [6.45, 7) is 0. The molecule has 74 valence electrons. The van der Waals surface area contributed by atoms with E-state index in [0.717, 1.165) is 22.3 Å². The third-order valence-corrected chi connectivity index (χ3v) is 2.62. The van der Waals surface area contributed by atoms with Crippen molar-refractivity contribution in [1.29, 1.82) is 0 Å². The van der Waals surface area contributed by atoms with Crippen LogP contribution < -0.4 is 5.73 Å². The summed E-state index contributed by atoms with van der Waals surface area (Å²) in [6, 6.07) is 1.93. The highest BCUT2D eigenvalue weighted by atomic mass is 14.8. The number of nitrogen functional groups attached to an aromatic ring is 1. The van der Waals surface area contributed by atoms with E-state index in [4.69, 9.17) is 5.73 Å². The van der Waals surface area contributed by atoms with E-state index in [0.29, 0.717) is 5.92 Å². The van der Waals surface area contributed by atoms with E-state index in [1.54, 1.807) is 6.20 Å². The summed E-state index contributed by atoms with van der Waals surface area (Å²) in [6.07, 6.45) is 6.04. The van der Waals surface area contributed by atoms with Crippen molar-refractivity contribution in [3.8, 4) is 11.8 Å². The molecular weight excluding hydrogens is 186 g/mol. The molecule has 3 N–H and O–H groups in total. The molecule has 3 nitrogen and oxygen atoms in total. The second kappa shape index (κ2) is 3.03. The molecule has 15 heavy (non-hydrogen) atoms. The molecule has 0 aliphatic heterocycles. The van der Waals surface area contributed by atoms with Crippen LogP contribution in [-0.2, 0) is 0 Å². The van der Waals surface area contributed by atoms with Gasteiger partial charge >= 0.3 is 0 Å². The quantitative estimate of drug-likeness (QED) is 0.634. The number of hydrogen-bond acceptors (Lipinski definition) is 2. The van der Waals surface area contributed by atoms with Gasteiger partial charge in [-0.25, -0.2) is 4.98 Å². The van der Waals surface area contributed by atoms with E-state index < -0.39 is 0 Å². The number of aromatic nitrogens is 2. The third-order valence-electron chi connectivity index (χ3n) is 2.62. The summed E-state index contributed by atoms with van der Waals surface area (Å²) in [5, 5.41) is 0.956. The van der Waals surface area contributed by atoms with Crippen molar-refractivity contribution in [2.24, 2.45) is 5.92 Å². The lowest BCUT2D eigenvalue weighted by Gasteiger charge is -1.98. The largest absolute Gasteiger partial charge is 0.397 e. The number of hydrogen-bond donors (Lipinski definition) is 2. The van der Waals surface area contributed by atoms with Crippen LogP contribution in [0.4, 0.5) is 5.69 Å². The topological polar surface area (TPSA) is 54.7 Å². The molecule has 1 aliphatic rings. The number of nitrogens with zero attached hydrogens (tertiary/aromatic N) is 1. The van der Waals surface area contributed by atoms with E-state index in [-0.39, 0.29) is 0 Å². The van der Waals surface area contributed by atoms with Crippen molar-refractivity contribution in [1.82, 2.24) is 9.97 Å². The summed E-state index contributed by atoms with van der Waals surface area (Å²) < 4.78 is 0. The van der Waals surface area contributed by atoms with Gasteiger partial charge in [0.2, 0.25) is 0 Å². The van der Waals surface area contributed by atoms with Gasteiger partial charge in [0.1, 0.15) is 5.65 Å². The number of fused-ring (bicyclic) bond motifs is 1. The highest BCUT2D eigenvalue weighted by Gasteiger charge is 2.17. The van der Waals surface area contributed by atoms with Gasteiger partial charge in [-0.15, -0.1) is 0 Å². The summed E-state index contributed by atoms with van der Waals surface area (Å²) in [5.41, 5.74) is 8.40. The number of nitrogens with one attached hydrogen (secondary N) is 1. The van der Waals surface area contributed by atoms with E-state index in [1.165, 1.54) is 12.8 Å².